The lowest BCUT2D eigenvalue weighted by molar-refractivity contribution is -0.183. The summed E-state index contributed by atoms with van der Waals surface area (Å²) in [5, 5.41) is 0. The van der Waals surface area contributed by atoms with Gasteiger partial charge in [0.1, 0.15) is 0 Å². The van der Waals surface area contributed by atoms with Crippen molar-refractivity contribution in [2.75, 3.05) is 46.6 Å². The maximum Gasteiger partial charge on any atom is 0.158 e. The van der Waals surface area contributed by atoms with E-state index in [0.717, 1.165) is 39.2 Å². The summed E-state index contributed by atoms with van der Waals surface area (Å²) in [6, 6.07) is 0. The van der Waals surface area contributed by atoms with Gasteiger partial charge < -0.3 is 19.1 Å². The van der Waals surface area contributed by atoms with Gasteiger partial charge in [-0.3, -0.25) is 0 Å². The Hall–Kier alpha value is -0.160. The summed E-state index contributed by atoms with van der Waals surface area (Å²) < 4.78 is 16.4. The van der Waals surface area contributed by atoms with Crippen LogP contribution in [-0.4, -0.2) is 57.8 Å². The summed E-state index contributed by atoms with van der Waals surface area (Å²) in [7, 11) is 1.79. The van der Waals surface area contributed by atoms with Crippen LogP contribution in [0, 0.1) is 5.92 Å². The molecule has 0 aromatic rings. The van der Waals surface area contributed by atoms with Gasteiger partial charge in [0.25, 0.3) is 0 Å². The SMILES string of the molecule is COCC1CCCN(CCC2OCCCO2)C1. The molecule has 0 amide bonds. The Morgan fingerprint density at radius 2 is 2.06 bits per heavy atom. The molecule has 0 spiro atoms. The number of methoxy groups -OCH3 is 1. The van der Waals surface area contributed by atoms with Crippen molar-refractivity contribution in [2.24, 2.45) is 5.92 Å². The average Bonchev–Trinajstić information content (AvgIpc) is 2.39. The van der Waals surface area contributed by atoms with E-state index >= 15 is 0 Å². The molecular weight excluding hydrogens is 218 g/mol. The largest absolute Gasteiger partial charge is 0.384 e. The second-order valence-corrected chi connectivity index (χ2v) is 5.08. The van der Waals surface area contributed by atoms with Crippen LogP contribution in [0.25, 0.3) is 0 Å². The summed E-state index contributed by atoms with van der Waals surface area (Å²) in [5.74, 6) is 0.710. The van der Waals surface area contributed by atoms with Crippen LogP contribution in [0.1, 0.15) is 25.7 Å². The fourth-order valence-corrected chi connectivity index (χ4v) is 2.72. The zero-order valence-corrected chi connectivity index (χ0v) is 10.9. The molecule has 0 saturated carbocycles. The van der Waals surface area contributed by atoms with E-state index in [0.29, 0.717) is 5.92 Å². The van der Waals surface area contributed by atoms with E-state index in [4.69, 9.17) is 14.2 Å². The molecule has 2 heterocycles. The summed E-state index contributed by atoms with van der Waals surface area (Å²) in [4.78, 5) is 2.52. The van der Waals surface area contributed by atoms with Gasteiger partial charge in [0.2, 0.25) is 0 Å². The van der Waals surface area contributed by atoms with Crippen molar-refractivity contribution in [1.82, 2.24) is 4.90 Å². The lowest BCUT2D eigenvalue weighted by Gasteiger charge is -2.33. The van der Waals surface area contributed by atoms with Gasteiger partial charge in [0.05, 0.1) is 19.8 Å². The smallest absolute Gasteiger partial charge is 0.158 e. The van der Waals surface area contributed by atoms with Gasteiger partial charge in [-0.1, -0.05) is 0 Å². The lowest BCUT2D eigenvalue weighted by Crippen LogP contribution is -2.39. The average molecular weight is 243 g/mol. The van der Waals surface area contributed by atoms with E-state index in [9.17, 15) is 0 Å². The Morgan fingerprint density at radius 1 is 1.24 bits per heavy atom. The molecule has 0 aliphatic carbocycles. The van der Waals surface area contributed by atoms with Crippen molar-refractivity contribution in [3.8, 4) is 0 Å². The summed E-state index contributed by atoms with van der Waals surface area (Å²) in [6.45, 7) is 6.08. The van der Waals surface area contributed by atoms with Crippen LogP contribution in [-0.2, 0) is 14.2 Å². The molecule has 0 radical (unpaired) electrons. The van der Waals surface area contributed by atoms with Crippen LogP contribution in [0.5, 0.6) is 0 Å². The van der Waals surface area contributed by atoms with Gasteiger partial charge in [-0.25, -0.2) is 0 Å². The molecule has 17 heavy (non-hydrogen) atoms. The van der Waals surface area contributed by atoms with E-state index in [-0.39, 0.29) is 6.29 Å². The molecule has 4 nitrogen and oxygen atoms in total. The van der Waals surface area contributed by atoms with Crippen LogP contribution in [0.3, 0.4) is 0 Å². The third kappa shape index (κ3) is 4.54. The molecule has 0 N–H and O–H groups in total. The first-order valence-corrected chi connectivity index (χ1v) is 6.83. The van der Waals surface area contributed by atoms with E-state index in [1.807, 2.05) is 0 Å². The molecule has 0 aromatic carbocycles. The van der Waals surface area contributed by atoms with Gasteiger partial charge in [0, 0.05) is 26.6 Å². The summed E-state index contributed by atoms with van der Waals surface area (Å²) in [6.07, 6.45) is 4.67. The molecule has 100 valence electrons. The molecule has 2 rings (SSSR count). The molecule has 2 aliphatic rings. The molecule has 0 bridgehead atoms. The second-order valence-electron chi connectivity index (χ2n) is 5.08. The number of likely N-dealkylation sites (tertiary alicyclic amines) is 1. The topological polar surface area (TPSA) is 30.9 Å². The number of ether oxygens (including phenoxy) is 3. The van der Waals surface area contributed by atoms with Crippen LogP contribution in [0.4, 0.5) is 0 Å². The number of nitrogens with zero attached hydrogens (tertiary/aromatic N) is 1. The van der Waals surface area contributed by atoms with Gasteiger partial charge in [0.15, 0.2) is 6.29 Å². The van der Waals surface area contributed by atoms with Crippen molar-refractivity contribution >= 4 is 0 Å². The monoisotopic (exact) mass is 243 g/mol. The Morgan fingerprint density at radius 3 is 2.82 bits per heavy atom. The Kier molecular flexibility index (Phi) is 5.71. The maximum absolute atomic E-state index is 5.57. The van der Waals surface area contributed by atoms with E-state index in [2.05, 4.69) is 4.90 Å². The van der Waals surface area contributed by atoms with Crippen LogP contribution >= 0.6 is 0 Å². The highest BCUT2D eigenvalue weighted by Gasteiger charge is 2.21. The van der Waals surface area contributed by atoms with E-state index in [1.165, 1.54) is 25.9 Å². The number of hydrogen-bond acceptors (Lipinski definition) is 4. The number of hydrogen-bond donors (Lipinski definition) is 0. The normalized spacial score (nSPS) is 28.4. The Labute approximate surface area is 104 Å². The van der Waals surface area contributed by atoms with Gasteiger partial charge in [-0.05, 0) is 31.7 Å². The third-order valence-corrected chi connectivity index (χ3v) is 3.58. The van der Waals surface area contributed by atoms with E-state index < -0.39 is 0 Å². The van der Waals surface area contributed by atoms with Crippen molar-refractivity contribution in [3.05, 3.63) is 0 Å². The minimum Gasteiger partial charge on any atom is -0.384 e. The summed E-state index contributed by atoms with van der Waals surface area (Å²) >= 11 is 0. The van der Waals surface area contributed by atoms with Gasteiger partial charge >= 0.3 is 0 Å². The van der Waals surface area contributed by atoms with Crippen molar-refractivity contribution in [2.45, 2.75) is 32.0 Å². The maximum atomic E-state index is 5.57. The fraction of sp³-hybridized carbons (Fsp3) is 1.00. The Bertz CT molecular complexity index is 205. The minimum atomic E-state index is 0.0338. The summed E-state index contributed by atoms with van der Waals surface area (Å²) in [5.41, 5.74) is 0. The van der Waals surface area contributed by atoms with Crippen LogP contribution in [0.2, 0.25) is 0 Å². The molecule has 1 unspecified atom stereocenters. The van der Waals surface area contributed by atoms with Crippen LogP contribution < -0.4 is 0 Å². The van der Waals surface area contributed by atoms with Crippen molar-refractivity contribution in [1.29, 1.82) is 0 Å². The first kappa shape index (κ1) is 13.3. The Balaban J connectivity index is 1.64. The van der Waals surface area contributed by atoms with Crippen molar-refractivity contribution in [3.63, 3.8) is 0 Å². The second kappa shape index (κ2) is 7.31. The van der Waals surface area contributed by atoms with Crippen LogP contribution in [0.15, 0.2) is 0 Å². The molecular formula is C13H25NO3. The predicted octanol–water partition coefficient (Wildman–Crippen LogP) is 1.50. The molecule has 2 saturated heterocycles. The van der Waals surface area contributed by atoms with Gasteiger partial charge in [-0.15, -0.1) is 0 Å². The zero-order chi connectivity index (χ0) is 11.9. The molecule has 2 fully saturated rings. The van der Waals surface area contributed by atoms with Gasteiger partial charge in [-0.2, -0.15) is 0 Å². The fourth-order valence-electron chi connectivity index (χ4n) is 2.72. The first-order chi connectivity index (χ1) is 8.38. The predicted molar refractivity (Wildman–Crippen MR) is 66.0 cm³/mol. The quantitative estimate of drug-likeness (QED) is 0.732. The zero-order valence-electron chi connectivity index (χ0n) is 10.9. The lowest BCUT2D eigenvalue weighted by atomic mass is 9.99. The highest BCUT2D eigenvalue weighted by atomic mass is 16.7. The highest BCUT2D eigenvalue weighted by Crippen LogP contribution is 2.18. The number of piperidine rings is 1. The molecule has 4 heteroatoms. The minimum absolute atomic E-state index is 0.0338. The third-order valence-electron chi connectivity index (χ3n) is 3.58. The van der Waals surface area contributed by atoms with Crippen molar-refractivity contribution < 1.29 is 14.2 Å². The molecule has 2 aliphatic heterocycles. The highest BCUT2D eigenvalue weighted by molar-refractivity contribution is 4.73. The first-order valence-electron chi connectivity index (χ1n) is 6.83. The molecule has 1 atom stereocenters. The number of rotatable bonds is 5. The standard InChI is InChI=1S/C13H25NO3/c1-15-11-12-4-2-6-14(10-12)7-5-13-16-8-3-9-17-13/h12-13H,2-11H2,1H3. The van der Waals surface area contributed by atoms with E-state index in [1.54, 1.807) is 7.11 Å². The molecule has 0 aromatic heterocycles.